The summed E-state index contributed by atoms with van der Waals surface area (Å²) in [4.78, 5) is 5.04. The Morgan fingerprint density at radius 3 is 0.594 bits per heavy atom. The fourth-order valence-corrected chi connectivity index (χ4v) is 20.1. The van der Waals surface area contributed by atoms with Gasteiger partial charge >= 0.3 is 0 Å². The van der Waals surface area contributed by atoms with Crippen molar-refractivity contribution in [2.75, 3.05) is 9.80 Å². The quantitative estimate of drug-likeness (QED) is 0.126. The first-order valence-electron chi connectivity index (χ1n) is 38.1. The summed E-state index contributed by atoms with van der Waals surface area (Å²) in [6.45, 7) is 28.7. The van der Waals surface area contributed by atoms with Crippen LogP contribution in [0, 0.1) is 0 Å². The van der Waals surface area contributed by atoms with Gasteiger partial charge in [0, 0.05) is 66.6 Å². The molecule has 0 N–H and O–H groups in total. The van der Waals surface area contributed by atoms with Crippen LogP contribution in [-0.2, 0) is 32.5 Å². The topological polar surface area (TPSA) is 6.48 Å². The van der Waals surface area contributed by atoms with Crippen molar-refractivity contribution in [2.24, 2.45) is 0 Å². The zero-order chi connectivity index (χ0) is 72.3. The van der Waals surface area contributed by atoms with Crippen LogP contribution in [0.25, 0.3) is 102 Å². The lowest BCUT2D eigenvalue weighted by Crippen LogP contribution is -2.19. The van der Waals surface area contributed by atoms with E-state index in [9.17, 15) is 0 Å². The van der Waals surface area contributed by atoms with Gasteiger partial charge < -0.3 is 9.80 Å². The summed E-state index contributed by atoms with van der Waals surface area (Å²) in [6.07, 6.45) is 9.14. The van der Waals surface area contributed by atoms with Crippen molar-refractivity contribution in [3.63, 3.8) is 0 Å². The molecule has 0 atom stereocenters. The first-order valence-corrected chi connectivity index (χ1v) is 38.1. The Hall–Kier alpha value is -11.6. The van der Waals surface area contributed by atoms with Gasteiger partial charge in [-0.15, -0.1) is 0 Å². The van der Waals surface area contributed by atoms with Crippen LogP contribution in [0.1, 0.15) is 172 Å². The average Bonchev–Trinajstić information content (AvgIpc) is 1.50. The molecule has 0 bridgehead atoms. The number of nitrogens with zero attached hydrogens (tertiary/aromatic N) is 2. The maximum absolute atomic E-state index is 2.52. The third kappa shape index (κ3) is 9.29. The van der Waals surface area contributed by atoms with E-state index < -0.39 is 0 Å². The Kier molecular flexibility index (Phi) is 13.6. The predicted molar refractivity (Wildman–Crippen MR) is 449 cm³/mol. The molecule has 6 aliphatic rings. The Balaban J connectivity index is 0.562. The summed E-state index contributed by atoms with van der Waals surface area (Å²) in [5.74, 6) is 0. The van der Waals surface area contributed by atoms with Gasteiger partial charge in [0.05, 0.1) is 0 Å². The zero-order valence-corrected chi connectivity index (χ0v) is 62.8. The molecule has 0 saturated carbocycles. The van der Waals surface area contributed by atoms with E-state index in [1.54, 1.807) is 0 Å². The van der Waals surface area contributed by atoms with Crippen molar-refractivity contribution >= 4 is 69.2 Å². The zero-order valence-electron chi connectivity index (χ0n) is 62.8. The van der Waals surface area contributed by atoms with Crippen molar-refractivity contribution in [1.29, 1.82) is 0 Å². The highest BCUT2D eigenvalue weighted by Gasteiger charge is 2.43. The van der Waals surface area contributed by atoms with Crippen molar-refractivity contribution in [3.05, 3.63) is 368 Å². The van der Waals surface area contributed by atoms with Crippen LogP contribution in [-0.4, -0.2) is 0 Å². The van der Waals surface area contributed by atoms with E-state index in [0.29, 0.717) is 0 Å². The maximum Gasteiger partial charge on any atom is 0.0465 e. The molecule has 512 valence electrons. The Bertz CT molecular complexity index is 5630. The molecule has 0 radical (unpaired) electrons. The van der Waals surface area contributed by atoms with Crippen LogP contribution in [0.5, 0.6) is 0 Å². The molecule has 14 aromatic carbocycles. The van der Waals surface area contributed by atoms with Crippen molar-refractivity contribution in [3.8, 4) is 66.8 Å². The van der Waals surface area contributed by atoms with E-state index in [2.05, 4.69) is 396 Å². The van der Waals surface area contributed by atoms with Gasteiger partial charge in [0.25, 0.3) is 0 Å². The van der Waals surface area contributed by atoms with E-state index in [1.165, 1.54) is 201 Å². The number of benzene rings is 14. The molecule has 0 unspecified atom stereocenters. The second-order valence-electron chi connectivity index (χ2n) is 34.1. The van der Waals surface area contributed by atoms with Crippen LogP contribution in [0.2, 0.25) is 0 Å². The molecule has 0 saturated heterocycles. The Labute approximate surface area is 625 Å². The predicted octanol–water partition coefficient (Wildman–Crippen LogP) is 28.0. The molecule has 0 aliphatic heterocycles. The smallest absolute Gasteiger partial charge is 0.0465 e. The summed E-state index contributed by atoms with van der Waals surface area (Å²) in [6, 6.07) is 107. The highest BCUT2D eigenvalue weighted by atomic mass is 15.1. The van der Waals surface area contributed by atoms with Crippen molar-refractivity contribution < 1.29 is 0 Å². The molecule has 106 heavy (non-hydrogen) atoms. The lowest BCUT2D eigenvalue weighted by atomic mass is 9.81. The van der Waals surface area contributed by atoms with Crippen LogP contribution < -0.4 is 9.80 Å². The lowest BCUT2D eigenvalue weighted by molar-refractivity contribution is 0.659. The monoisotopic (exact) mass is 1360 g/mol. The summed E-state index contributed by atoms with van der Waals surface area (Å²) in [5.41, 5.74) is 43.2. The number of hydrogen-bond donors (Lipinski definition) is 0. The van der Waals surface area contributed by atoms with E-state index in [1.807, 2.05) is 0 Å². The van der Waals surface area contributed by atoms with Gasteiger partial charge in [0.1, 0.15) is 0 Å². The molecule has 0 fully saturated rings. The van der Waals surface area contributed by atoms with E-state index in [-0.39, 0.29) is 32.5 Å². The number of hydrogen-bond acceptors (Lipinski definition) is 2. The van der Waals surface area contributed by atoms with E-state index in [4.69, 9.17) is 0 Å². The first-order chi connectivity index (χ1) is 51.0. The SMILES string of the molecule is CC1(C)c2ccccc2-c2ccc(N(c3ccc4c(c3)C(C)(C)c3ccccc3-4)c3ccc4c(c3)C(C)(C)c3cc(C=Cc5ccc6cc(C=Cc7ccc8c(c7)C(C)(C)c7cc(N(c9ccc%10c(c9)C(C)(C)c9ccccc9-%10)c9ccc%10c(c9)C(C)(C)c9ccccc9-%10)ccc7-8)ccc6c5)ccc3-4)cc21. The van der Waals surface area contributed by atoms with Gasteiger partial charge in [-0.2, -0.15) is 0 Å². The first kappa shape index (κ1) is 64.1. The van der Waals surface area contributed by atoms with Gasteiger partial charge in [-0.25, -0.2) is 0 Å². The molecule has 2 nitrogen and oxygen atoms in total. The molecule has 2 heteroatoms. The summed E-state index contributed by atoms with van der Waals surface area (Å²) >= 11 is 0. The van der Waals surface area contributed by atoms with Crippen LogP contribution >= 0.6 is 0 Å². The molecule has 6 aliphatic carbocycles. The van der Waals surface area contributed by atoms with Crippen LogP contribution in [0.15, 0.2) is 279 Å². The normalized spacial score (nSPS) is 16.3. The standard InChI is InChI=1S/C104H86N2/c1-99(2)87-25-17-13-21-75(87)81-47-39-69(57-93(81)99)105(70-40-48-82-76-22-14-18-26-88(76)100(3,4)94(82)58-70)73-43-51-85-79-45-35-65(55-91(79)103(9,10)97(85)61-73)31-29-63-33-37-68-54-64(34-38-67(68)53-63)30-32-66-36-46-80-86-52-44-74(62-98(86)104(11,12)92(80)56-66)106(71-41-49-83-77-23-15-19-27-89(77)101(5,6)95(83)59-71)72-42-50-84-78-24-16-20-28-90(78)102(7,8)96(84)60-72/h13-62H,1-12H3. The van der Waals surface area contributed by atoms with Gasteiger partial charge in [0.2, 0.25) is 0 Å². The minimum atomic E-state index is -0.237. The molecule has 20 rings (SSSR count). The third-order valence-corrected chi connectivity index (χ3v) is 26.0. The van der Waals surface area contributed by atoms with Crippen molar-refractivity contribution in [2.45, 2.75) is 116 Å². The summed E-state index contributed by atoms with van der Waals surface area (Å²) in [7, 11) is 0. The molecule has 0 heterocycles. The van der Waals surface area contributed by atoms with E-state index in [0.717, 1.165) is 0 Å². The fourth-order valence-electron chi connectivity index (χ4n) is 20.1. The summed E-state index contributed by atoms with van der Waals surface area (Å²) < 4.78 is 0. The molecule has 14 aromatic rings. The Morgan fingerprint density at radius 2 is 0.349 bits per heavy atom. The average molecular weight is 1360 g/mol. The molecular formula is C104H86N2. The maximum atomic E-state index is 2.52. The Morgan fingerprint density at radius 1 is 0.170 bits per heavy atom. The fraction of sp³-hybridized carbons (Fsp3) is 0.173. The molecule has 0 spiro atoms. The van der Waals surface area contributed by atoms with E-state index >= 15 is 0 Å². The minimum Gasteiger partial charge on any atom is -0.310 e. The van der Waals surface area contributed by atoms with Crippen LogP contribution in [0.3, 0.4) is 0 Å². The highest BCUT2D eigenvalue weighted by molar-refractivity contribution is 5.96. The highest BCUT2D eigenvalue weighted by Crippen LogP contribution is 2.59. The van der Waals surface area contributed by atoms with Crippen molar-refractivity contribution in [1.82, 2.24) is 0 Å². The number of anilines is 6. The molecule has 0 amide bonds. The van der Waals surface area contributed by atoms with Gasteiger partial charge in [-0.1, -0.05) is 302 Å². The van der Waals surface area contributed by atoms with Gasteiger partial charge in [-0.05, 0) is 251 Å². The van der Waals surface area contributed by atoms with Gasteiger partial charge in [-0.3, -0.25) is 0 Å². The second kappa shape index (κ2) is 22.5. The largest absolute Gasteiger partial charge is 0.310 e. The lowest BCUT2D eigenvalue weighted by Gasteiger charge is -2.31. The van der Waals surface area contributed by atoms with Crippen LogP contribution in [0.4, 0.5) is 34.1 Å². The molecule has 0 aromatic heterocycles. The number of fused-ring (bicyclic) bond motifs is 19. The summed E-state index contributed by atoms with van der Waals surface area (Å²) in [5, 5.41) is 2.45. The number of rotatable bonds is 10. The van der Waals surface area contributed by atoms with Gasteiger partial charge in [0.15, 0.2) is 0 Å². The molecular weight excluding hydrogens is 1280 g/mol. The third-order valence-electron chi connectivity index (χ3n) is 26.0. The minimum absolute atomic E-state index is 0.131. The second-order valence-corrected chi connectivity index (χ2v) is 34.1.